The molecule has 0 amide bonds. The van der Waals surface area contributed by atoms with Crippen molar-refractivity contribution >= 4 is 33.7 Å². The van der Waals surface area contributed by atoms with Crippen LogP contribution in [-0.4, -0.2) is 23.0 Å². The van der Waals surface area contributed by atoms with E-state index in [-0.39, 0.29) is 5.97 Å². The Morgan fingerprint density at radius 3 is 2.33 bits per heavy atom. The van der Waals surface area contributed by atoms with Gasteiger partial charge in [-0.15, -0.1) is 11.8 Å². The second-order valence-corrected chi connectivity index (χ2v) is 8.49. The lowest BCUT2D eigenvalue weighted by Gasteiger charge is -2.32. The summed E-state index contributed by atoms with van der Waals surface area (Å²) in [6.07, 6.45) is 2.02. The Morgan fingerprint density at radius 1 is 0.967 bits per heavy atom. The summed E-state index contributed by atoms with van der Waals surface area (Å²) < 4.78 is 4.50. The van der Waals surface area contributed by atoms with Crippen LogP contribution in [0, 0.1) is 5.92 Å². The van der Waals surface area contributed by atoms with Crippen molar-refractivity contribution in [3.05, 3.63) is 108 Å². The minimum absolute atomic E-state index is 0.280. The summed E-state index contributed by atoms with van der Waals surface area (Å²) in [6.45, 7) is 0. The largest absolute Gasteiger partial charge is 0.469 e. The molecule has 0 bridgehead atoms. The molecule has 0 radical (unpaired) electrons. The number of thioether (sulfide) groups is 1. The highest BCUT2D eigenvalue weighted by atomic mass is 32.2. The van der Waals surface area contributed by atoms with Crippen LogP contribution in [-0.2, 0) is 14.3 Å². The van der Waals surface area contributed by atoms with E-state index in [2.05, 4.69) is 29.2 Å². The third-order valence-corrected chi connectivity index (χ3v) is 7.08. The minimum atomic E-state index is -0.751. The van der Waals surface area contributed by atoms with Crippen molar-refractivity contribution in [3.8, 4) is 0 Å². The molecule has 0 saturated carbocycles. The van der Waals surface area contributed by atoms with Gasteiger partial charge in [-0.2, -0.15) is 0 Å². The van der Waals surface area contributed by atoms with Gasteiger partial charge in [-0.25, -0.2) is 4.98 Å². The fourth-order valence-corrected chi connectivity index (χ4v) is 5.59. The van der Waals surface area contributed by atoms with Gasteiger partial charge in [0.25, 0.3) is 0 Å². The Hall–Kier alpha value is -3.31. The van der Waals surface area contributed by atoms with Crippen molar-refractivity contribution in [2.24, 2.45) is 5.92 Å². The number of imidazole rings is 1. The standard InChI is InChI=1S/C25H20N2O2S/c1-29-23(28)19-16-22(17-10-4-2-5-11-17)30-25(19,18-12-6-3-7-13-18)24-26-20-14-8-9-15-21(20)27-24/h2-16,19H,1H3,(H,26,27)/t19-,25-/m1/s1. The summed E-state index contributed by atoms with van der Waals surface area (Å²) >= 11 is 1.65. The number of esters is 1. The van der Waals surface area contributed by atoms with Gasteiger partial charge in [-0.3, -0.25) is 4.79 Å². The molecule has 5 heteroatoms. The molecule has 1 aliphatic heterocycles. The maximum Gasteiger partial charge on any atom is 0.314 e. The van der Waals surface area contributed by atoms with Crippen LogP contribution in [0.25, 0.3) is 15.9 Å². The number of rotatable bonds is 4. The molecule has 0 spiro atoms. The van der Waals surface area contributed by atoms with Crippen LogP contribution < -0.4 is 0 Å². The van der Waals surface area contributed by atoms with Gasteiger partial charge in [-0.1, -0.05) is 78.9 Å². The molecule has 5 rings (SSSR count). The SMILES string of the molecule is COC(=O)[C@H]1C=C(c2ccccc2)S[C@@]1(c1ccccc1)c1nc2ccccc2[nH]1. The zero-order valence-electron chi connectivity index (χ0n) is 16.4. The summed E-state index contributed by atoms with van der Waals surface area (Å²) in [5.41, 5.74) is 3.90. The van der Waals surface area contributed by atoms with E-state index in [1.54, 1.807) is 11.8 Å². The van der Waals surface area contributed by atoms with Crippen LogP contribution in [0.2, 0.25) is 0 Å². The Balaban J connectivity index is 1.76. The van der Waals surface area contributed by atoms with Crippen molar-refractivity contribution < 1.29 is 9.53 Å². The Morgan fingerprint density at radius 2 is 1.63 bits per heavy atom. The van der Waals surface area contributed by atoms with Crippen LogP contribution in [0.15, 0.2) is 91.0 Å². The highest BCUT2D eigenvalue weighted by Gasteiger charge is 2.53. The second-order valence-electron chi connectivity index (χ2n) is 7.20. The first-order valence-corrected chi connectivity index (χ1v) is 10.6. The topological polar surface area (TPSA) is 55.0 Å². The monoisotopic (exact) mass is 412 g/mol. The van der Waals surface area contributed by atoms with Crippen LogP contribution >= 0.6 is 11.8 Å². The number of hydrogen-bond acceptors (Lipinski definition) is 4. The van der Waals surface area contributed by atoms with E-state index in [1.807, 2.05) is 66.7 Å². The van der Waals surface area contributed by atoms with Gasteiger partial charge in [-0.05, 0) is 23.3 Å². The molecular formula is C25H20N2O2S. The third-order valence-electron chi connectivity index (χ3n) is 5.48. The number of aromatic nitrogens is 2. The quantitative estimate of drug-likeness (QED) is 0.457. The predicted octanol–water partition coefficient (Wildman–Crippen LogP) is 5.38. The van der Waals surface area contributed by atoms with Crippen LogP contribution in [0.1, 0.15) is 17.0 Å². The maximum atomic E-state index is 13.0. The first-order chi connectivity index (χ1) is 14.7. The first kappa shape index (κ1) is 18.7. The number of ether oxygens (including phenoxy) is 1. The van der Waals surface area contributed by atoms with Crippen molar-refractivity contribution in [2.45, 2.75) is 4.75 Å². The van der Waals surface area contributed by atoms with Gasteiger partial charge in [0.15, 0.2) is 0 Å². The van der Waals surface area contributed by atoms with Gasteiger partial charge < -0.3 is 9.72 Å². The third kappa shape index (κ3) is 2.94. The zero-order chi connectivity index (χ0) is 20.6. The van der Waals surface area contributed by atoms with Crippen LogP contribution in [0.4, 0.5) is 0 Å². The van der Waals surface area contributed by atoms with E-state index in [0.717, 1.165) is 32.9 Å². The fourth-order valence-electron chi connectivity index (χ4n) is 4.04. The lowest BCUT2D eigenvalue weighted by Crippen LogP contribution is -2.36. The number of carbonyl (C=O) groups excluding carboxylic acids is 1. The number of nitrogens with one attached hydrogen (secondary N) is 1. The van der Waals surface area contributed by atoms with Gasteiger partial charge in [0, 0.05) is 4.91 Å². The number of methoxy groups -OCH3 is 1. The number of benzene rings is 3. The number of carbonyl (C=O) groups is 1. The molecule has 4 nitrogen and oxygen atoms in total. The van der Waals surface area contributed by atoms with Crippen molar-refractivity contribution in [2.75, 3.05) is 7.11 Å². The summed E-state index contributed by atoms with van der Waals surface area (Å²) in [5.74, 6) is -0.0547. The van der Waals surface area contributed by atoms with E-state index in [9.17, 15) is 4.79 Å². The van der Waals surface area contributed by atoms with Crippen LogP contribution in [0.3, 0.4) is 0 Å². The summed E-state index contributed by atoms with van der Waals surface area (Å²) in [7, 11) is 1.44. The molecule has 148 valence electrons. The Kier molecular flexibility index (Phi) is 4.68. The molecule has 0 aliphatic carbocycles. The smallest absolute Gasteiger partial charge is 0.314 e. The van der Waals surface area contributed by atoms with Crippen molar-refractivity contribution in [3.63, 3.8) is 0 Å². The van der Waals surface area contributed by atoms with Crippen molar-refractivity contribution in [1.29, 1.82) is 0 Å². The Bertz CT molecular complexity index is 1200. The van der Waals surface area contributed by atoms with Gasteiger partial charge in [0.1, 0.15) is 16.5 Å². The predicted molar refractivity (Wildman–Crippen MR) is 121 cm³/mol. The number of nitrogens with zero attached hydrogens (tertiary/aromatic N) is 1. The van der Waals surface area contributed by atoms with Crippen molar-refractivity contribution in [1.82, 2.24) is 9.97 Å². The van der Waals surface area contributed by atoms with Gasteiger partial charge in [0.2, 0.25) is 0 Å². The number of hydrogen-bond donors (Lipinski definition) is 1. The van der Waals surface area contributed by atoms with E-state index < -0.39 is 10.7 Å². The number of H-pyrrole nitrogens is 1. The molecule has 2 heterocycles. The zero-order valence-corrected chi connectivity index (χ0v) is 17.2. The number of para-hydroxylation sites is 2. The average Bonchev–Trinajstić information content (AvgIpc) is 3.43. The molecule has 1 aromatic heterocycles. The summed E-state index contributed by atoms with van der Waals surface area (Å²) in [5, 5.41) is 0. The molecule has 2 atom stereocenters. The normalized spacial score (nSPS) is 20.8. The van der Waals surface area contributed by atoms with E-state index in [1.165, 1.54) is 7.11 Å². The molecule has 1 N–H and O–H groups in total. The summed E-state index contributed by atoms with van der Waals surface area (Å²) in [4.78, 5) is 22.5. The number of aromatic amines is 1. The Labute approximate surface area is 179 Å². The molecule has 0 fully saturated rings. The maximum absolute atomic E-state index is 13.0. The second kappa shape index (κ2) is 7.50. The van der Waals surface area contributed by atoms with Crippen LogP contribution in [0.5, 0.6) is 0 Å². The van der Waals surface area contributed by atoms with Gasteiger partial charge in [0.05, 0.1) is 18.1 Å². The fraction of sp³-hybridized carbons (Fsp3) is 0.120. The highest BCUT2D eigenvalue weighted by Crippen LogP contribution is 2.59. The number of fused-ring (bicyclic) bond motifs is 1. The molecule has 1 aliphatic rings. The molecular weight excluding hydrogens is 392 g/mol. The summed E-state index contributed by atoms with van der Waals surface area (Å²) in [6, 6.07) is 28.1. The lowest BCUT2D eigenvalue weighted by molar-refractivity contribution is -0.144. The molecule has 0 unspecified atom stereocenters. The van der Waals surface area contributed by atoms with E-state index >= 15 is 0 Å². The molecule has 0 saturated heterocycles. The molecule has 4 aromatic rings. The van der Waals surface area contributed by atoms with E-state index in [0.29, 0.717) is 0 Å². The highest BCUT2D eigenvalue weighted by molar-refractivity contribution is 8.09. The molecule has 3 aromatic carbocycles. The van der Waals surface area contributed by atoms with Gasteiger partial charge >= 0.3 is 5.97 Å². The molecule has 30 heavy (non-hydrogen) atoms. The lowest BCUT2D eigenvalue weighted by atomic mass is 9.84. The van der Waals surface area contributed by atoms with E-state index in [4.69, 9.17) is 9.72 Å². The average molecular weight is 413 g/mol. The minimum Gasteiger partial charge on any atom is -0.469 e. The first-order valence-electron chi connectivity index (χ1n) is 9.77.